The quantitative estimate of drug-likeness (QED) is 0.163. The molecule has 0 aliphatic carbocycles. The molecule has 0 radical (unpaired) electrons. The van der Waals surface area contributed by atoms with Gasteiger partial charge in [-0.25, -0.2) is 19.2 Å². The van der Waals surface area contributed by atoms with Gasteiger partial charge in [-0.1, -0.05) is 6.07 Å². The van der Waals surface area contributed by atoms with Crippen LogP contribution < -0.4 is 4.74 Å². The normalized spacial score (nSPS) is 17.6. The molecule has 0 bridgehead atoms. The maximum Gasteiger partial charge on any atom is 0.338 e. The number of hydrogen-bond acceptors (Lipinski definition) is 8. The molecule has 47 heavy (non-hydrogen) atoms. The van der Waals surface area contributed by atoms with E-state index in [2.05, 4.69) is 20.5 Å². The SMILES string of the molecule is CC(C)(C)OC(=O)c1ccc2nc(CN3CCC(c4cccc(OCc5nccc6cc(F)ccc56)n4)CC3)n(CC3CCO3)c2c1. The molecule has 2 aromatic carbocycles. The number of imidazole rings is 1. The maximum absolute atomic E-state index is 13.7. The lowest BCUT2D eigenvalue weighted by Gasteiger charge is -2.32. The molecule has 0 N–H and O–H groups in total. The molecule has 1 atom stereocenters. The molecule has 2 aliphatic heterocycles. The summed E-state index contributed by atoms with van der Waals surface area (Å²) in [4.78, 5) is 29.6. The fraction of sp³-hybridized carbons (Fsp3) is 0.405. The summed E-state index contributed by atoms with van der Waals surface area (Å²) in [5, 5.41) is 1.67. The Kier molecular flexibility index (Phi) is 8.63. The number of carbonyl (C=O) groups excluding carboxylic acids is 1. The van der Waals surface area contributed by atoms with Crippen molar-refractivity contribution in [3.05, 3.63) is 95.5 Å². The first-order valence-electron chi connectivity index (χ1n) is 16.4. The minimum Gasteiger partial charge on any atom is -0.471 e. The molecule has 244 valence electrons. The van der Waals surface area contributed by atoms with Crippen LogP contribution >= 0.6 is 0 Å². The first-order chi connectivity index (χ1) is 22.7. The van der Waals surface area contributed by atoms with Gasteiger partial charge in [0.05, 0.1) is 41.5 Å². The standard InChI is InChI=1S/C37H40FN5O4/c1-37(2,3)47-36(44)26-7-10-31-33(20-26)43(21-28-14-18-45-28)34(40-31)22-42-16-12-24(13-17-42)30-5-4-6-35(41-30)46-23-32-29-9-8-27(38)19-25(29)11-15-39-32/h4-11,15,19-20,24,28H,12-14,16-18,21-23H2,1-3H3. The summed E-state index contributed by atoms with van der Waals surface area (Å²) in [6.07, 6.45) is 4.80. The Morgan fingerprint density at radius 1 is 1.02 bits per heavy atom. The third-order valence-corrected chi connectivity index (χ3v) is 8.92. The Balaban J connectivity index is 1.01. The van der Waals surface area contributed by atoms with Gasteiger partial charge in [0.15, 0.2) is 0 Å². The van der Waals surface area contributed by atoms with E-state index in [9.17, 15) is 9.18 Å². The summed E-state index contributed by atoms with van der Waals surface area (Å²) >= 11 is 0. The summed E-state index contributed by atoms with van der Waals surface area (Å²) in [7, 11) is 0. The fourth-order valence-corrected chi connectivity index (χ4v) is 6.39. The summed E-state index contributed by atoms with van der Waals surface area (Å²) in [6, 6.07) is 18.0. The van der Waals surface area contributed by atoms with Crippen LogP contribution in [-0.2, 0) is 29.2 Å². The van der Waals surface area contributed by atoms with Crippen LogP contribution in [0.5, 0.6) is 5.88 Å². The van der Waals surface area contributed by atoms with Crippen molar-refractivity contribution in [1.29, 1.82) is 0 Å². The minimum atomic E-state index is -0.564. The Labute approximate surface area is 273 Å². The highest BCUT2D eigenvalue weighted by molar-refractivity contribution is 5.94. The molecule has 2 saturated heterocycles. The van der Waals surface area contributed by atoms with Gasteiger partial charge in [-0.2, -0.15) is 0 Å². The number of aromatic nitrogens is 4. The van der Waals surface area contributed by atoms with E-state index in [1.54, 1.807) is 24.4 Å². The predicted octanol–water partition coefficient (Wildman–Crippen LogP) is 6.82. The number of fused-ring (bicyclic) bond motifs is 2. The van der Waals surface area contributed by atoms with E-state index in [1.807, 2.05) is 45.0 Å². The highest BCUT2D eigenvalue weighted by atomic mass is 19.1. The summed E-state index contributed by atoms with van der Waals surface area (Å²) in [5.74, 6) is 1.26. The first kappa shape index (κ1) is 31.2. The fourth-order valence-electron chi connectivity index (χ4n) is 6.39. The molecule has 2 aliphatic rings. The maximum atomic E-state index is 13.7. The number of rotatable bonds is 9. The van der Waals surface area contributed by atoms with E-state index in [0.717, 1.165) is 78.0 Å². The summed E-state index contributed by atoms with van der Waals surface area (Å²) in [6.45, 7) is 9.92. The number of ether oxygens (including phenoxy) is 3. The van der Waals surface area contributed by atoms with Crippen molar-refractivity contribution in [1.82, 2.24) is 24.4 Å². The van der Waals surface area contributed by atoms with Crippen molar-refractivity contribution >= 4 is 27.8 Å². The van der Waals surface area contributed by atoms with Crippen LogP contribution in [0, 0.1) is 5.82 Å². The van der Waals surface area contributed by atoms with Gasteiger partial charge in [0.2, 0.25) is 5.88 Å². The van der Waals surface area contributed by atoms with E-state index in [4.69, 9.17) is 24.2 Å². The second-order valence-electron chi connectivity index (χ2n) is 13.5. The van der Waals surface area contributed by atoms with Crippen LogP contribution in [0.2, 0.25) is 0 Å². The van der Waals surface area contributed by atoms with Crippen molar-refractivity contribution in [2.45, 2.75) is 77.4 Å². The second-order valence-corrected chi connectivity index (χ2v) is 13.5. The minimum absolute atomic E-state index is 0.155. The van der Waals surface area contributed by atoms with E-state index >= 15 is 0 Å². The van der Waals surface area contributed by atoms with Crippen LogP contribution in [0.3, 0.4) is 0 Å². The van der Waals surface area contributed by atoms with Crippen LogP contribution in [0.1, 0.15) is 73.5 Å². The van der Waals surface area contributed by atoms with Crippen molar-refractivity contribution in [3.8, 4) is 5.88 Å². The molecular formula is C37H40FN5O4. The molecule has 0 saturated carbocycles. The number of piperidine rings is 1. The van der Waals surface area contributed by atoms with Gasteiger partial charge in [0.25, 0.3) is 0 Å². The molecule has 3 aromatic heterocycles. The van der Waals surface area contributed by atoms with Gasteiger partial charge in [-0.15, -0.1) is 0 Å². The lowest BCUT2D eigenvalue weighted by atomic mass is 9.93. The summed E-state index contributed by atoms with van der Waals surface area (Å²) < 4.78 is 33.4. The molecule has 9 nitrogen and oxygen atoms in total. The van der Waals surface area contributed by atoms with Crippen LogP contribution in [0.4, 0.5) is 4.39 Å². The number of hydrogen-bond donors (Lipinski definition) is 0. The number of carbonyl (C=O) groups is 1. The van der Waals surface area contributed by atoms with Crippen LogP contribution in [0.15, 0.2) is 66.9 Å². The molecule has 10 heteroatoms. The number of esters is 1. The van der Waals surface area contributed by atoms with Gasteiger partial charge in [-0.3, -0.25) is 9.88 Å². The van der Waals surface area contributed by atoms with Crippen LogP contribution in [0.25, 0.3) is 21.8 Å². The van der Waals surface area contributed by atoms with Gasteiger partial charge >= 0.3 is 5.97 Å². The summed E-state index contributed by atoms with van der Waals surface area (Å²) in [5.41, 5.74) is 3.54. The van der Waals surface area contributed by atoms with Crippen molar-refractivity contribution in [2.24, 2.45) is 0 Å². The van der Waals surface area contributed by atoms with E-state index in [-0.39, 0.29) is 24.5 Å². The lowest BCUT2D eigenvalue weighted by Crippen LogP contribution is -2.35. The monoisotopic (exact) mass is 637 g/mol. The van der Waals surface area contributed by atoms with Crippen LogP contribution in [-0.4, -0.2) is 61.8 Å². The molecule has 7 rings (SSSR count). The molecule has 1 unspecified atom stereocenters. The van der Waals surface area contributed by atoms with Gasteiger partial charge in [0, 0.05) is 35.9 Å². The first-order valence-corrected chi connectivity index (χ1v) is 16.4. The number of benzene rings is 2. The van der Waals surface area contributed by atoms with E-state index in [1.165, 1.54) is 12.1 Å². The smallest absolute Gasteiger partial charge is 0.338 e. The molecule has 0 spiro atoms. The highest BCUT2D eigenvalue weighted by Gasteiger charge is 2.27. The third kappa shape index (κ3) is 7.13. The number of nitrogens with zero attached hydrogens (tertiary/aromatic N) is 5. The number of pyridine rings is 2. The van der Waals surface area contributed by atoms with Crippen molar-refractivity contribution < 1.29 is 23.4 Å². The second kappa shape index (κ2) is 13.0. The predicted molar refractivity (Wildman–Crippen MR) is 177 cm³/mol. The van der Waals surface area contributed by atoms with Gasteiger partial charge in [-0.05, 0) is 107 Å². The van der Waals surface area contributed by atoms with Crippen molar-refractivity contribution in [2.75, 3.05) is 19.7 Å². The zero-order valence-corrected chi connectivity index (χ0v) is 27.1. The number of likely N-dealkylation sites (tertiary alicyclic amines) is 1. The van der Waals surface area contributed by atoms with Crippen molar-refractivity contribution in [3.63, 3.8) is 0 Å². The Hall–Kier alpha value is -4.41. The third-order valence-electron chi connectivity index (χ3n) is 8.92. The largest absolute Gasteiger partial charge is 0.471 e. The molecular weight excluding hydrogens is 597 g/mol. The van der Waals surface area contributed by atoms with Gasteiger partial charge in [0.1, 0.15) is 23.8 Å². The molecule has 5 aromatic rings. The molecule has 0 amide bonds. The molecule has 2 fully saturated rings. The zero-order chi connectivity index (χ0) is 32.5. The van der Waals surface area contributed by atoms with Gasteiger partial charge < -0.3 is 18.8 Å². The zero-order valence-electron chi connectivity index (χ0n) is 27.1. The highest BCUT2D eigenvalue weighted by Crippen LogP contribution is 2.30. The average molecular weight is 638 g/mol. The topological polar surface area (TPSA) is 91.6 Å². The average Bonchev–Trinajstić information content (AvgIpc) is 3.37. The van der Waals surface area contributed by atoms with E-state index in [0.29, 0.717) is 30.5 Å². The Bertz CT molecular complexity index is 1910. The Morgan fingerprint density at radius 2 is 1.85 bits per heavy atom. The Morgan fingerprint density at radius 3 is 2.62 bits per heavy atom. The number of halogens is 1. The lowest BCUT2D eigenvalue weighted by molar-refractivity contribution is -0.0592. The van der Waals surface area contributed by atoms with E-state index < -0.39 is 5.60 Å². The molecule has 5 heterocycles.